The van der Waals surface area contributed by atoms with Gasteiger partial charge in [0.15, 0.2) is 5.78 Å². The third-order valence-electron chi connectivity index (χ3n) is 7.28. The topological polar surface area (TPSA) is 97.2 Å². The van der Waals surface area contributed by atoms with Gasteiger partial charge in [-0.25, -0.2) is 18.7 Å². The first kappa shape index (κ1) is 27.1. The van der Waals surface area contributed by atoms with Crippen LogP contribution in [0.25, 0.3) is 22.0 Å². The number of aryl methyl sites for hydroxylation is 2. The molecule has 0 spiro atoms. The molecule has 2 amide bonds. The second-order valence-electron chi connectivity index (χ2n) is 10.1. The molecule has 2 atom stereocenters. The number of rotatable bonds is 7. The first-order valence-electron chi connectivity index (χ1n) is 13.0. The van der Waals surface area contributed by atoms with Crippen LogP contribution in [0, 0.1) is 19.7 Å². The molecule has 2 aromatic heterocycles. The summed E-state index contributed by atoms with van der Waals surface area (Å²) in [5.74, 6) is -0.930. The number of fused-ring (bicyclic) bond motifs is 1. The van der Waals surface area contributed by atoms with E-state index in [4.69, 9.17) is 0 Å². The summed E-state index contributed by atoms with van der Waals surface area (Å²) in [7, 11) is 0. The van der Waals surface area contributed by atoms with Crippen LogP contribution in [0.15, 0.2) is 55.0 Å². The second-order valence-corrected chi connectivity index (χ2v) is 10.1. The number of halogens is 2. The number of amides is 2. The third kappa shape index (κ3) is 5.34. The number of Topliss-reactive ketones (excluding diaryl/α,β-unsaturated/α-hetero) is 1. The van der Waals surface area contributed by atoms with Crippen LogP contribution in [-0.2, 0) is 22.7 Å². The van der Waals surface area contributed by atoms with Gasteiger partial charge in [0.05, 0.1) is 6.54 Å². The zero-order chi connectivity index (χ0) is 28.6. The average Bonchev–Trinajstić information content (AvgIpc) is 3.50. The van der Waals surface area contributed by atoms with Crippen LogP contribution in [0.1, 0.15) is 40.7 Å². The van der Waals surface area contributed by atoms with Gasteiger partial charge in [-0.15, -0.1) is 0 Å². The number of hydrogen-bond donors (Lipinski definition) is 1. The number of hydrogen-bond acceptors (Lipinski definition) is 5. The lowest BCUT2D eigenvalue weighted by Crippen LogP contribution is -2.46. The maximum Gasteiger partial charge on any atom is 0.243 e. The predicted octanol–water partition coefficient (Wildman–Crippen LogP) is 4.31. The van der Waals surface area contributed by atoms with Crippen LogP contribution in [0.4, 0.5) is 8.78 Å². The maximum absolute atomic E-state index is 14.5. The minimum atomic E-state index is -1.36. The Labute approximate surface area is 230 Å². The van der Waals surface area contributed by atoms with E-state index in [0.29, 0.717) is 33.4 Å². The normalized spacial score (nSPS) is 16.9. The van der Waals surface area contributed by atoms with E-state index in [2.05, 4.69) is 15.3 Å². The van der Waals surface area contributed by atoms with Gasteiger partial charge in [0.2, 0.25) is 11.8 Å². The molecule has 0 bridgehead atoms. The van der Waals surface area contributed by atoms with Crippen molar-refractivity contribution in [2.45, 2.75) is 52.5 Å². The van der Waals surface area contributed by atoms with Gasteiger partial charge in [0, 0.05) is 59.1 Å². The van der Waals surface area contributed by atoms with E-state index in [1.54, 1.807) is 55.2 Å². The van der Waals surface area contributed by atoms with Crippen molar-refractivity contribution >= 4 is 28.5 Å². The molecule has 0 saturated carbocycles. The van der Waals surface area contributed by atoms with Gasteiger partial charge in [0.1, 0.15) is 30.4 Å². The number of nitrogens with zero attached hydrogens (tertiary/aromatic N) is 4. The number of benzene rings is 2. The molecule has 5 rings (SSSR count). The van der Waals surface area contributed by atoms with Gasteiger partial charge in [0.25, 0.3) is 0 Å². The van der Waals surface area contributed by atoms with Crippen molar-refractivity contribution in [3.8, 4) is 11.1 Å². The van der Waals surface area contributed by atoms with Crippen LogP contribution in [0.3, 0.4) is 0 Å². The molecule has 0 radical (unpaired) electrons. The number of alkyl halides is 1. The standard InChI is InChI=1S/C30H29F2N5O3/c1-17-5-4-6-21(29(17)32)11-35-30(40)27-10-23(31)14-37(27)28(39)16-36-15-25(18(2)38)24-9-20(7-8-26(24)36)22-12-33-19(3)34-13-22/h4-9,12-13,15,23,27H,10-11,14,16H2,1-3H3,(H,35,40)/t23-,27+/m1/s1. The number of carbonyl (C=O) groups is 3. The molecule has 40 heavy (non-hydrogen) atoms. The van der Waals surface area contributed by atoms with Crippen molar-refractivity contribution in [2.24, 2.45) is 0 Å². The highest BCUT2D eigenvalue weighted by Crippen LogP contribution is 2.29. The van der Waals surface area contributed by atoms with Crippen molar-refractivity contribution in [1.29, 1.82) is 0 Å². The van der Waals surface area contributed by atoms with Crippen molar-refractivity contribution in [2.75, 3.05) is 6.54 Å². The van der Waals surface area contributed by atoms with Gasteiger partial charge in [-0.2, -0.15) is 0 Å². The van der Waals surface area contributed by atoms with E-state index < -0.39 is 29.8 Å². The molecular formula is C30H29F2N5O3. The van der Waals surface area contributed by atoms with Gasteiger partial charge in [-0.1, -0.05) is 24.3 Å². The molecule has 1 aliphatic heterocycles. The molecule has 8 nitrogen and oxygen atoms in total. The number of carbonyl (C=O) groups excluding carboxylic acids is 3. The van der Waals surface area contributed by atoms with Gasteiger partial charge in [-0.3, -0.25) is 14.4 Å². The Morgan fingerprint density at radius 1 is 1.07 bits per heavy atom. The largest absolute Gasteiger partial charge is 0.350 e. The zero-order valence-electron chi connectivity index (χ0n) is 22.4. The van der Waals surface area contributed by atoms with E-state index in [0.717, 1.165) is 11.1 Å². The number of nitrogens with one attached hydrogen (secondary N) is 1. The zero-order valence-corrected chi connectivity index (χ0v) is 22.4. The summed E-state index contributed by atoms with van der Waals surface area (Å²) in [5, 5.41) is 3.32. The summed E-state index contributed by atoms with van der Waals surface area (Å²) in [6, 6.07) is 9.40. The Morgan fingerprint density at radius 2 is 1.82 bits per heavy atom. The van der Waals surface area contributed by atoms with E-state index >= 15 is 0 Å². The van der Waals surface area contributed by atoms with Gasteiger partial charge < -0.3 is 14.8 Å². The monoisotopic (exact) mass is 545 g/mol. The lowest BCUT2D eigenvalue weighted by molar-refractivity contribution is -0.139. The quantitative estimate of drug-likeness (QED) is 0.349. The smallest absolute Gasteiger partial charge is 0.243 e. The molecule has 10 heteroatoms. The van der Waals surface area contributed by atoms with Crippen molar-refractivity contribution < 1.29 is 23.2 Å². The lowest BCUT2D eigenvalue weighted by atomic mass is 10.0. The highest BCUT2D eigenvalue weighted by molar-refractivity contribution is 6.08. The number of aromatic nitrogens is 3. The third-order valence-corrected chi connectivity index (χ3v) is 7.28. The van der Waals surface area contributed by atoms with E-state index in [-0.39, 0.29) is 31.8 Å². The van der Waals surface area contributed by atoms with E-state index in [9.17, 15) is 23.2 Å². The highest BCUT2D eigenvalue weighted by atomic mass is 19.1. The molecule has 1 aliphatic rings. The molecule has 206 valence electrons. The average molecular weight is 546 g/mol. The number of likely N-dealkylation sites (tertiary alicyclic amines) is 1. The Morgan fingerprint density at radius 3 is 2.55 bits per heavy atom. The first-order chi connectivity index (χ1) is 19.1. The summed E-state index contributed by atoms with van der Waals surface area (Å²) < 4.78 is 30.5. The molecule has 0 unspecified atom stereocenters. The fourth-order valence-electron chi connectivity index (χ4n) is 5.12. The van der Waals surface area contributed by atoms with Crippen molar-refractivity contribution in [3.05, 3.63) is 83.3 Å². The summed E-state index contributed by atoms with van der Waals surface area (Å²) >= 11 is 0. The summed E-state index contributed by atoms with van der Waals surface area (Å²) in [6.45, 7) is 4.41. The van der Waals surface area contributed by atoms with Crippen LogP contribution in [0.5, 0.6) is 0 Å². The molecule has 3 heterocycles. The summed E-state index contributed by atoms with van der Waals surface area (Å²) in [6.07, 6.45) is 3.52. The molecule has 1 fully saturated rings. The fraction of sp³-hybridized carbons (Fsp3) is 0.300. The Balaban J connectivity index is 1.36. The minimum Gasteiger partial charge on any atom is -0.350 e. The molecule has 4 aromatic rings. The van der Waals surface area contributed by atoms with Crippen LogP contribution in [-0.4, -0.2) is 55.8 Å². The molecule has 1 N–H and O–H groups in total. The molecular weight excluding hydrogens is 516 g/mol. The van der Waals surface area contributed by atoms with Gasteiger partial charge in [-0.05, 0) is 44.0 Å². The lowest BCUT2D eigenvalue weighted by Gasteiger charge is -2.24. The maximum atomic E-state index is 14.5. The second kappa shape index (κ2) is 11.0. The van der Waals surface area contributed by atoms with Gasteiger partial charge >= 0.3 is 0 Å². The summed E-state index contributed by atoms with van der Waals surface area (Å²) in [5.41, 5.74) is 3.47. The minimum absolute atomic E-state index is 0.0691. The predicted molar refractivity (Wildman–Crippen MR) is 146 cm³/mol. The Bertz CT molecular complexity index is 1620. The Hall–Kier alpha value is -4.47. The first-order valence-corrected chi connectivity index (χ1v) is 13.0. The molecule has 0 aliphatic carbocycles. The highest BCUT2D eigenvalue weighted by Gasteiger charge is 2.39. The fourth-order valence-corrected chi connectivity index (χ4v) is 5.12. The van der Waals surface area contributed by atoms with Crippen molar-refractivity contribution in [1.82, 2.24) is 24.8 Å². The summed E-state index contributed by atoms with van der Waals surface area (Å²) in [4.78, 5) is 48.5. The van der Waals surface area contributed by atoms with E-state index in [1.165, 1.54) is 11.8 Å². The van der Waals surface area contributed by atoms with Crippen molar-refractivity contribution in [3.63, 3.8) is 0 Å². The Kier molecular flexibility index (Phi) is 7.42. The van der Waals surface area contributed by atoms with E-state index in [1.807, 2.05) is 18.2 Å². The van der Waals surface area contributed by atoms with Crippen LogP contribution in [0.2, 0.25) is 0 Å². The molecule has 2 aromatic carbocycles. The number of ketones is 1. The van der Waals surface area contributed by atoms with Crippen LogP contribution >= 0.6 is 0 Å². The molecule has 1 saturated heterocycles. The SMILES string of the molecule is CC(=O)c1cn(CC(=O)N2C[C@H](F)C[C@H]2C(=O)NCc2cccc(C)c2F)c2ccc(-c3cnc(C)nc3)cc12. The van der Waals surface area contributed by atoms with Crippen LogP contribution < -0.4 is 5.32 Å².